The maximum atomic E-state index is 13.2. The van der Waals surface area contributed by atoms with Crippen LogP contribution in [0.25, 0.3) is 10.9 Å². The van der Waals surface area contributed by atoms with E-state index >= 15 is 0 Å². The first kappa shape index (κ1) is 23.8. The number of aromatic hydroxyl groups is 1. The average Bonchev–Trinajstić information content (AvgIpc) is 3.10. The number of alkyl halides is 3. The van der Waals surface area contributed by atoms with Crippen molar-refractivity contribution in [3.05, 3.63) is 94.0 Å². The molecule has 3 aromatic carbocycles. The van der Waals surface area contributed by atoms with E-state index in [2.05, 4.69) is 5.32 Å². The Kier molecular flexibility index (Phi) is 5.99. The van der Waals surface area contributed by atoms with Gasteiger partial charge >= 0.3 is 12.2 Å². The minimum Gasteiger partial charge on any atom is -0.494 e. The third-order valence-corrected chi connectivity index (χ3v) is 5.40. The molecule has 0 aliphatic heterocycles. The van der Waals surface area contributed by atoms with Crippen molar-refractivity contribution in [2.24, 2.45) is 5.73 Å². The van der Waals surface area contributed by atoms with Gasteiger partial charge in [0.25, 0.3) is 5.91 Å². The van der Waals surface area contributed by atoms with E-state index in [9.17, 15) is 32.7 Å². The third kappa shape index (κ3) is 4.43. The summed E-state index contributed by atoms with van der Waals surface area (Å²) in [5, 5.41) is 12.6. The maximum absolute atomic E-state index is 13.2. The number of halogens is 4. The van der Waals surface area contributed by atoms with Gasteiger partial charge in [-0.15, -0.1) is 0 Å². The van der Waals surface area contributed by atoms with Gasteiger partial charge in [-0.3, -0.25) is 9.59 Å². The first-order chi connectivity index (χ1) is 16.5. The van der Waals surface area contributed by atoms with Crippen LogP contribution in [0.5, 0.6) is 5.88 Å². The second-order valence-corrected chi connectivity index (χ2v) is 7.88. The van der Waals surface area contributed by atoms with Crippen LogP contribution in [0.3, 0.4) is 0 Å². The molecule has 4 N–H and O–H groups in total. The van der Waals surface area contributed by atoms with Gasteiger partial charge in [0.15, 0.2) is 5.78 Å². The summed E-state index contributed by atoms with van der Waals surface area (Å²) in [4.78, 5) is 38.4. The molecule has 0 bridgehead atoms. The minimum absolute atomic E-state index is 0.0313. The Labute approximate surface area is 200 Å². The highest BCUT2D eigenvalue weighted by molar-refractivity contribution is 6.31. The van der Waals surface area contributed by atoms with E-state index in [1.54, 1.807) is 18.2 Å². The number of rotatable bonds is 4. The van der Waals surface area contributed by atoms with Crippen LogP contribution in [0.2, 0.25) is 5.02 Å². The van der Waals surface area contributed by atoms with E-state index in [-0.39, 0.29) is 32.7 Å². The highest BCUT2D eigenvalue weighted by Gasteiger charge is 2.32. The number of carbonyl (C=O) groups is 3. The Bertz CT molecular complexity index is 1500. The second-order valence-electron chi connectivity index (χ2n) is 7.45. The van der Waals surface area contributed by atoms with Gasteiger partial charge in [0.1, 0.15) is 5.56 Å². The van der Waals surface area contributed by atoms with E-state index in [4.69, 9.17) is 17.3 Å². The number of nitrogens with one attached hydrogen (secondary N) is 1. The first-order valence-electron chi connectivity index (χ1n) is 9.94. The number of hydrogen-bond acceptors (Lipinski definition) is 4. The lowest BCUT2D eigenvalue weighted by Gasteiger charge is -2.11. The molecule has 178 valence electrons. The number of carbonyl (C=O) groups excluding carboxylic acids is 3. The van der Waals surface area contributed by atoms with Crippen LogP contribution in [-0.4, -0.2) is 27.4 Å². The molecule has 2 amide bonds. The zero-order valence-corrected chi connectivity index (χ0v) is 18.3. The summed E-state index contributed by atoms with van der Waals surface area (Å²) in [6.45, 7) is 0. The minimum atomic E-state index is -4.73. The van der Waals surface area contributed by atoms with E-state index in [0.717, 1.165) is 6.07 Å². The van der Waals surface area contributed by atoms with Crippen molar-refractivity contribution in [1.29, 1.82) is 0 Å². The van der Waals surface area contributed by atoms with E-state index in [1.165, 1.54) is 30.3 Å². The lowest BCUT2D eigenvalue weighted by molar-refractivity contribution is -0.137. The highest BCUT2D eigenvalue weighted by Crippen LogP contribution is 2.37. The molecule has 35 heavy (non-hydrogen) atoms. The van der Waals surface area contributed by atoms with Crippen LogP contribution in [0, 0.1) is 0 Å². The van der Waals surface area contributed by atoms with Crippen LogP contribution in [-0.2, 0) is 6.18 Å². The quantitative estimate of drug-likeness (QED) is 0.323. The van der Waals surface area contributed by atoms with Crippen molar-refractivity contribution < 1.29 is 32.7 Å². The monoisotopic (exact) mass is 501 g/mol. The zero-order valence-electron chi connectivity index (χ0n) is 17.6. The fraction of sp³-hybridized carbons (Fsp3) is 0.0417. The number of aromatic nitrogens is 1. The molecule has 4 aromatic rings. The summed E-state index contributed by atoms with van der Waals surface area (Å²) in [5.74, 6) is -2.48. The number of amides is 2. The normalized spacial score (nSPS) is 11.4. The Morgan fingerprint density at radius 3 is 2.29 bits per heavy atom. The molecule has 1 aromatic heterocycles. The lowest BCUT2D eigenvalue weighted by Crippen LogP contribution is -2.19. The number of ketones is 1. The summed E-state index contributed by atoms with van der Waals surface area (Å²) in [6.07, 6.45) is -4.73. The molecule has 0 saturated heterocycles. The van der Waals surface area contributed by atoms with Crippen LogP contribution in [0.15, 0.2) is 66.7 Å². The topological polar surface area (TPSA) is 114 Å². The van der Waals surface area contributed by atoms with Crippen LogP contribution in [0.4, 0.5) is 23.7 Å². The number of anilines is 1. The van der Waals surface area contributed by atoms with E-state index in [0.29, 0.717) is 16.7 Å². The second kappa shape index (κ2) is 8.80. The lowest BCUT2D eigenvalue weighted by atomic mass is 9.97. The molecule has 0 radical (unpaired) electrons. The van der Waals surface area contributed by atoms with Crippen molar-refractivity contribution in [1.82, 2.24) is 4.57 Å². The molecule has 0 atom stereocenters. The van der Waals surface area contributed by atoms with Crippen LogP contribution >= 0.6 is 11.6 Å². The maximum Gasteiger partial charge on any atom is 0.416 e. The third-order valence-electron chi connectivity index (χ3n) is 5.18. The summed E-state index contributed by atoms with van der Waals surface area (Å²) >= 11 is 5.78. The van der Waals surface area contributed by atoms with Gasteiger partial charge in [-0.1, -0.05) is 54.1 Å². The van der Waals surface area contributed by atoms with Crippen LogP contribution < -0.4 is 11.1 Å². The molecule has 0 aliphatic rings. The zero-order chi connectivity index (χ0) is 25.5. The summed E-state index contributed by atoms with van der Waals surface area (Å²) in [5.41, 5.74) is 3.63. The van der Waals surface area contributed by atoms with Gasteiger partial charge in [-0.25, -0.2) is 9.36 Å². The van der Waals surface area contributed by atoms with Gasteiger partial charge in [-0.05, 0) is 24.3 Å². The number of fused-ring (bicyclic) bond motifs is 1. The average molecular weight is 502 g/mol. The molecular weight excluding hydrogens is 487 g/mol. The molecule has 0 unspecified atom stereocenters. The van der Waals surface area contributed by atoms with Crippen molar-refractivity contribution in [2.75, 3.05) is 5.32 Å². The molecule has 7 nitrogen and oxygen atoms in total. The van der Waals surface area contributed by atoms with Gasteiger partial charge in [-0.2, -0.15) is 13.2 Å². The number of nitrogens with two attached hydrogens (primary N) is 1. The molecule has 11 heteroatoms. The first-order valence-corrected chi connectivity index (χ1v) is 10.3. The summed E-state index contributed by atoms with van der Waals surface area (Å²) < 4.78 is 40.1. The molecule has 0 saturated carbocycles. The van der Waals surface area contributed by atoms with Gasteiger partial charge in [0.05, 0.1) is 11.1 Å². The molecule has 4 rings (SSSR count). The predicted octanol–water partition coefficient (Wildman–Crippen LogP) is 5.43. The van der Waals surface area contributed by atoms with Crippen LogP contribution in [0.1, 0.15) is 31.8 Å². The van der Waals surface area contributed by atoms with Gasteiger partial charge in [0.2, 0.25) is 5.88 Å². The standard InChI is InChI=1S/C24H15ClF3N3O4/c25-14-9-13(24(26,27)28)10-15(11-14)30-21(33)19-18-16(20(32)12-5-2-1-3-6-12)7-4-8-17(18)31(22(19)34)23(29)35/h1-11,34H,(H2,29,35)(H,30,33). The molecule has 0 aliphatic carbocycles. The fourth-order valence-electron chi connectivity index (χ4n) is 3.72. The van der Waals surface area contributed by atoms with E-state index in [1.807, 2.05) is 0 Å². The number of benzene rings is 3. The Morgan fingerprint density at radius 1 is 0.971 bits per heavy atom. The Hall–Kier alpha value is -4.31. The molecule has 0 spiro atoms. The van der Waals surface area contributed by atoms with Crippen molar-refractivity contribution in [3.8, 4) is 5.88 Å². The van der Waals surface area contributed by atoms with Gasteiger partial charge < -0.3 is 16.2 Å². The smallest absolute Gasteiger partial charge is 0.416 e. The fourth-order valence-corrected chi connectivity index (χ4v) is 3.95. The number of nitrogens with zero attached hydrogens (tertiary/aromatic N) is 1. The molecular formula is C24H15ClF3N3O4. The number of hydrogen-bond donors (Lipinski definition) is 3. The molecule has 0 fully saturated rings. The number of primary amides is 1. The van der Waals surface area contributed by atoms with Gasteiger partial charge in [0, 0.05) is 27.2 Å². The summed E-state index contributed by atoms with van der Waals surface area (Å²) in [7, 11) is 0. The van der Waals surface area contributed by atoms with Crippen molar-refractivity contribution in [3.63, 3.8) is 0 Å². The Morgan fingerprint density at radius 2 is 1.66 bits per heavy atom. The highest BCUT2D eigenvalue weighted by atomic mass is 35.5. The Balaban J connectivity index is 1.90. The SMILES string of the molecule is NC(=O)n1c(O)c(C(=O)Nc2cc(Cl)cc(C(F)(F)F)c2)c2c(C(=O)c3ccccc3)cccc21. The largest absolute Gasteiger partial charge is 0.494 e. The summed E-state index contributed by atoms with van der Waals surface area (Å²) in [6, 6.07) is 13.5. The van der Waals surface area contributed by atoms with Crippen molar-refractivity contribution in [2.45, 2.75) is 6.18 Å². The predicted molar refractivity (Wildman–Crippen MR) is 123 cm³/mol. The van der Waals surface area contributed by atoms with Crippen molar-refractivity contribution >= 4 is 45.9 Å². The molecule has 1 heterocycles. The van der Waals surface area contributed by atoms with E-state index < -0.39 is 40.9 Å².